The van der Waals surface area contributed by atoms with Crippen LogP contribution in [-0.2, 0) is 0 Å². The van der Waals surface area contributed by atoms with Crippen LogP contribution in [0.5, 0.6) is 0 Å². The third-order valence-corrected chi connectivity index (χ3v) is 15.7. The molecule has 0 saturated heterocycles. The second kappa shape index (κ2) is 9.42. The molecule has 4 fully saturated rings. The first-order valence-electron chi connectivity index (χ1n) is 16.2. The molecular formula is C37H52O3S. The lowest BCUT2D eigenvalue weighted by atomic mass is 9.32. The van der Waals surface area contributed by atoms with Gasteiger partial charge in [0, 0.05) is 11.5 Å². The predicted molar refractivity (Wildman–Crippen MR) is 170 cm³/mol. The van der Waals surface area contributed by atoms with Crippen LogP contribution in [0.2, 0.25) is 0 Å². The number of hydrogen-bond donors (Lipinski definition) is 2. The molecular weight excluding hydrogens is 524 g/mol. The Balaban J connectivity index is 1.37. The summed E-state index contributed by atoms with van der Waals surface area (Å²) in [5.41, 5.74) is 4.52. The first-order valence-corrected chi connectivity index (χ1v) is 17.0. The number of rotatable bonds is 5. The van der Waals surface area contributed by atoms with E-state index in [1.807, 2.05) is 6.07 Å². The zero-order valence-electron chi connectivity index (χ0n) is 26.3. The Morgan fingerprint density at radius 3 is 2.32 bits per heavy atom. The Morgan fingerprint density at radius 2 is 1.68 bits per heavy atom. The van der Waals surface area contributed by atoms with E-state index in [2.05, 4.69) is 60.8 Å². The molecule has 0 radical (unpaired) electrons. The largest absolute Gasteiger partial charge is 0.477 e. The molecule has 3 nitrogen and oxygen atoms in total. The van der Waals surface area contributed by atoms with Gasteiger partial charge < -0.3 is 10.2 Å². The standard InChI is InChI=1S/C37H52O3S/c1-22(2)23(3)24-13-18-37(21-38)20-19-35(7)26(31(24)37)9-12-30-34(6)16-14-25(27-10-11-28(41-27)32(39)40)33(4,5)29(34)15-17-36(30,35)8/h10-11,14,24,26,29-31,38H,1,3,9,12-13,15-21H2,2,4-8H3,(H,39,40)/t24-,26+,29-,30+,31+,34-,35+,36+,37+/m0/s1. The number of aromatic carboxylic acids is 1. The maximum Gasteiger partial charge on any atom is 0.345 e. The van der Waals surface area contributed by atoms with E-state index in [4.69, 9.17) is 0 Å². The quantitative estimate of drug-likeness (QED) is 0.343. The number of carbonyl (C=O) groups is 1. The highest BCUT2D eigenvalue weighted by molar-refractivity contribution is 7.15. The minimum Gasteiger partial charge on any atom is -0.477 e. The number of aliphatic hydroxyl groups is 1. The van der Waals surface area contributed by atoms with Crippen LogP contribution in [0.25, 0.3) is 5.57 Å². The van der Waals surface area contributed by atoms with Gasteiger partial charge in [-0.2, -0.15) is 0 Å². The Kier molecular flexibility index (Phi) is 6.76. The van der Waals surface area contributed by atoms with Crippen LogP contribution in [0, 0.1) is 56.7 Å². The van der Waals surface area contributed by atoms with E-state index in [1.165, 1.54) is 54.6 Å². The van der Waals surface area contributed by atoms with Crippen molar-refractivity contribution in [2.24, 2.45) is 56.7 Å². The van der Waals surface area contributed by atoms with E-state index >= 15 is 0 Å². The van der Waals surface area contributed by atoms with Crippen molar-refractivity contribution >= 4 is 22.9 Å². The Hall–Kier alpha value is -1.65. The average molecular weight is 577 g/mol. The lowest BCUT2D eigenvalue weighted by Crippen LogP contribution is -2.65. The Morgan fingerprint density at radius 1 is 0.951 bits per heavy atom. The van der Waals surface area contributed by atoms with Crippen LogP contribution in [-0.4, -0.2) is 22.8 Å². The molecule has 9 atom stereocenters. The molecule has 1 heterocycles. The first kappa shape index (κ1) is 29.4. The molecule has 224 valence electrons. The zero-order chi connectivity index (χ0) is 29.8. The van der Waals surface area contributed by atoms with Crippen molar-refractivity contribution in [2.75, 3.05) is 6.61 Å². The second-order valence-corrected chi connectivity index (χ2v) is 17.3. The number of fused-ring (bicyclic) bond motifs is 7. The van der Waals surface area contributed by atoms with Crippen LogP contribution in [0.3, 0.4) is 0 Å². The summed E-state index contributed by atoms with van der Waals surface area (Å²) >= 11 is 1.44. The molecule has 0 aliphatic heterocycles. The topological polar surface area (TPSA) is 57.5 Å². The Labute approximate surface area is 252 Å². The zero-order valence-corrected chi connectivity index (χ0v) is 27.1. The molecule has 1 aromatic rings. The van der Waals surface area contributed by atoms with Crippen molar-refractivity contribution in [2.45, 2.75) is 99.3 Å². The SMILES string of the molecule is C=C(C)C(=C)[C@@H]1CC[C@]2(CO)CC[C@]3(C)[C@H](CC[C@@H]4[C@@]5(C)CC=C(c6ccc(C(=O)O)s6)C(C)(C)[C@@H]5CC[C@]43C)[C@@H]12. The number of carboxylic acids is 1. The third-order valence-electron chi connectivity index (χ3n) is 14.6. The number of allylic oxidation sites excluding steroid dienone is 4. The highest BCUT2D eigenvalue weighted by Crippen LogP contribution is 2.77. The number of hydrogen-bond acceptors (Lipinski definition) is 3. The fourth-order valence-corrected chi connectivity index (χ4v) is 13.4. The van der Waals surface area contributed by atoms with Gasteiger partial charge in [0.25, 0.3) is 0 Å². The van der Waals surface area contributed by atoms with E-state index < -0.39 is 5.97 Å². The predicted octanol–water partition coefficient (Wildman–Crippen LogP) is 9.65. The summed E-state index contributed by atoms with van der Waals surface area (Å²) in [6.45, 7) is 24.1. The minimum absolute atomic E-state index is 0.00109. The molecule has 0 bridgehead atoms. The summed E-state index contributed by atoms with van der Waals surface area (Å²) in [5.74, 6) is 2.00. The molecule has 2 N–H and O–H groups in total. The summed E-state index contributed by atoms with van der Waals surface area (Å²) in [5, 5.41) is 20.4. The first-order chi connectivity index (χ1) is 19.2. The highest BCUT2D eigenvalue weighted by Gasteiger charge is 2.70. The molecule has 5 aliphatic carbocycles. The third kappa shape index (κ3) is 3.81. The fourth-order valence-electron chi connectivity index (χ4n) is 12.3. The number of thiophene rings is 1. The van der Waals surface area contributed by atoms with Gasteiger partial charge in [0.2, 0.25) is 0 Å². The van der Waals surface area contributed by atoms with Gasteiger partial charge in [-0.3, -0.25) is 0 Å². The molecule has 0 unspecified atom stereocenters. The molecule has 6 rings (SSSR count). The van der Waals surface area contributed by atoms with E-state index in [-0.39, 0.29) is 27.1 Å². The van der Waals surface area contributed by atoms with Gasteiger partial charge in [-0.15, -0.1) is 11.3 Å². The van der Waals surface area contributed by atoms with Gasteiger partial charge in [-0.1, -0.05) is 59.4 Å². The number of aliphatic hydroxyl groups excluding tert-OH is 1. The molecule has 5 aliphatic rings. The van der Waals surface area contributed by atoms with Crippen molar-refractivity contribution in [3.63, 3.8) is 0 Å². The van der Waals surface area contributed by atoms with Gasteiger partial charge >= 0.3 is 5.97 Å². The normalized spacial score (nSPS) is 44.6. The molecule has 0 amide bonds. The van der Waals surface area contributed by atoms with Crippen LogP contribution in [0.15, 0.2) is 42.5 Å². The van der Waals surface area contributed by atoms with Gasteiger partial charge in [-0.05, 0) is 145 Å². The lowest BCUT2D eigenvalue weighted by molar-refractivity contribution is -0.228. The molecule has 41 heavy (non-hydrogen) atoms. The van der Waals surface area contributed by atoms with Crippen LogP contribution < -0.4 is 0 Å². The average Bonchev–Trinajstić information content (AvgIpc) is 3.54. The lowest BCUT2D eigenvalue weighted by Gasteiger charge is -2.72. The summed E-state index contributed by atoms with van der Waals surface area (Å²) in [4.78, 5) is 13.2. The van der Waals surface area contributed by atoms with Crippen molar-refractivity contribution in [1.82, 2.24) is 0 Å². The van der Waals surface area contributed by atoms with Crippen molar-refractivity contribution in [3.8, 4) is 0 Å². The van der Waals surface area contributed by atoms with Gasteiger partial charge in [0.05, 0.1) is 0 Å². The van der Waals surface area contributed by atoms with E-state index in [9.17, 15) is 15.0 Å². The van der Waals surface area contributed by atoms with Crippen LogP contribution >= 0.6 is 11.3 Å². The fraction of sp³-hybridized carbons (Fsp3) is 0.703. The maximum atomic E-state index is 11.6. The summed E-state index contributed by atoms with van der Waals surface area (Å²) in [6, 6.07) is 3.82. The number of carboxylic acid groups (broad SMARTS) is 1. The van der Waals surface area contributed by atoms with Crippen LogP contribution in [0.4, 0.5) is 0 Å². The molecule has 0 spiro atoms. The molecule has 4 heteroatoms. The minimum atomic E-state index is -0.826. The van der Waals surface area contributed by atoms with E-state index in [0.29, 0.717) is 41.1 Å². The molecule has 4 saturated carbocycles. The van der Waals surface area contributed by atoms with Crippen LogP contribution in [0.1, 0.15) is 114 Å². The van der Waals surface area contributed by atoms with E-state index in [1.54, 1.807) is 6.07 Å². The van der Waals surface area contributed by atoms with Crippen molar-refractivity contribution in [1.29, 1.82) is 0 Å². The highest BCUT2D eigenvalue weighted by atomic mass is 32.1. The monoisotopic (exact) mass is 576 g/mol. The van der Waals surface area contributed by atoms with Gasteiger partial charge in [0.1, 0.15) is 4.88 Å². The van der Waals surface area contributed by atoms with Crippen molar-refractivity contribution < 1.29 is 15.0 Å². The smallest absolute Gasteiger partial charge is 0.345 e. The molecule has 0 aromatic carbocycles. The summed E-state index contributed by atoms with van der Waals surface area (Å²) < 4.78 is 0. The van der Waals surface area contributed by atoms with Gasteiger partial charge in [-0.25, -0.2) is 4.79 Å². The maximum absolute atomic E-state index is 11.6. The van der Waals surface area contributed by atoms with Gasteiger partial charge in [0.15, 0.2) is 0 Å². The Bertz CT molecular complexity index is 1320. The van der Waals surface area contributed by atoms with E-state index in [0.717, 1.165) is 36.1 Å². The summed E-state index contributed by atoms with van der Waals surface area (Å²) in [7, 11) is 0. The van der Waals surface area contributed by atoms with Crippen molar-refractivity contribution in [3.05, 3.63) is 52.3 Å². The molecule has 1 aromatic heterocycles. The second-order valence-electron chi connectivity index (χ2n) is 16.2. The summed E-state index contributed by atoms with van der Waals surface area (Å²) in [6.07, 6.45) is 13.2.